The lowest BCUT2D eigenvalue weighted by atomic mass is 10.1. The molecule has 31 heavy (non-hydrogen) atoms. The van der Waals surface area contributed by atoms with Crippen LogP contribution in [0.15, 0.2) is 42.5 Å². The zero-order valence-corrected chi connectivity index (χ0v) is 18.9. The summed E-state index contributed by atoms with van der Waals surface area (Å²) in [6.07, 6.45) is 3.26. The molecule has 2 rings (SSSR count). The second kappa shape index (κ2) is 12.5. The van der Waals surface area contributed by atoms with Gasteiger partial charge in [-0.2, -0.15) is 0 Å². The fraction of sp³-hybridized carbons (Fsp3) is 0.348. The number of hydrogen-bond donors (Lipinski definition) is 3. The van der Waals surface area contributed by atoms with E-state index in [0.717, 1.165) is 30.4 Å². The molecule has 3 N–H and O–H groups in total. The lowest BCUT2D eigenvalue weighted by molar-refractivity contribution is -0.123. The highest BCUT2D eigenvalue weighted by molar-refractivity contribution is 7.80. The Balaban J connectivity index is 1.72. The van der Waals surface area contributed by atoms with Crippen molar-refractivity contribution >= 4 is 29.1 Å². The first kappa shape index (κ1) is 24.1. The van der Waals surface area contributed by atoms with Crippen molar-refractivity contribution in [1.29, 1.82) is 0 Å². The van der Waals surface area contributed by atoms with Gasteiger partial charge >= 0.3 is 0 Å². The van der Waals surface area contributed by atoms with Gasteiger partial charge in [-0.25, -0.2) is 0 Å². The Morgan fingerprint density at radius 3 is 2.42 bits per heavy atom. The zero-order valence-electron chi connectivity index (χ0n) is 18.1. The molecule has 0 aromatic heterocycles. The van der Waals surface area contributed by atoms with Crippen LogP contribution in [0.5, 0.6) is 11.5 Å². The smallest absolute Gasteiger partial charge is 0.276 e. The molecule has 0 unspecified atom stereocenters. The average molecular weight is 444 g/mol. The van der Waals surface area contributed by atoms with Crippen LogP contribution in [0.1, 0.15) is 47.7 Å². The monoisotopic (exact) mass is 443 g/mol. The molecule has 2 aromatic rings. The summed E-state index contributed by atoms with van der Waals surface area (Å²) in [5.74, 6) is 0.534. The first-order chi connectivity index (χ1) is 14.9. The maximum atomic E-state index is 12.3. The van der Waals surface area contributed by atoms with E-state index in [0.29, 0.717) is 23.7 Å². The number of ether oxygens (including phenoxy) is 2. The quantitative estimate of drug-likeness (QED) is 0.312. The highest BCUT2D eigenvalue weighted by Gasteiger charge is 2.10. The van der Waals surface area contributed by atoms with Crippen LogP contribution in [0.2, 0.25) is 0 Å². The molecule has 0 fully saturated rings. The van der Waals surface area contributed by atoms with Crippen LogP contribution in [0.25, 0.3) is 0 Å². The molecule has 0 heterocycles. The number of rotatable bonds is 9. The molecular weight excluding hydrogens is 414 g/mol. The third-order valence-electron chi connectivity index (χ3n) is 4.59. The fourth-order valence-corrected chi connectivity index (χ4v) is 2.78. The van der Waals surface area contributed by atoms with Crippen LogP contribution in [0.4, 0.5) is 0 Å². The van der Waals surface area contributed by atoms with Gasteiger partial charge in [-0.15, -0.1) is 0 Å². The molecule has 0 aliphatic carbocycles. The number of thiocarbonyl (C=S) groups is 1. The molecular formula is C23H29N3O4S. The van der Waals surface area contributed by atoms with Crippen LogP contribution in [-0.4, -0.2) is 30.1 Å². The maximum Gasteiger partial charge on any atom is 0.276 e. The van der Waals surface area contributed by atoms with Gasteiger partial charge in [0.2, 0.25) is 0 Å². The molecule has 0 aliphatic heterocycles. The predicted molar refractivity (Wildman–Crippen MR) is 124 cm³/mol. The standard InChI is InChI=1S/C23H29N3O4S/c1-4-5-6-14-29-19-12-10-18(11-13-19)22(28)24-23(31)26-25-21(27)15-30-20-9-7-8-16(2)17(20)3/h7-13H,4-6,14-15H2,1-3H3,(H,25,27)(H2,24,26,28,31). The van der Waals surface area contributed by atoms with Crippen molar-refractivity contribution in [2.75, 3.05) is 13.2 Å². The van der Waals surface area contributed by atoms with Crippen molar-refractivity contribution in [2.24, 2.45) is 0 Å². The first-order valence-electron chi connectivity index (χ1n) is 10.2. The van der Waals surface area contributed by atoms with Gasteiger partial charge in [0.05, 0.1) is 6.61 Å². The molecule has 8 heteroatoms. The number of hydrazine groups is 1. The van der Waals surface area contributed by atoms with Gasteiger partial charge in [0.1, 0.15) is 11.5 Å². The largest absolute Gasteiger partial charge is 0.494 e. The molecule has 0 bridgehead atoms. The second-order valence-electron chi connectivity index (χ2n) is 7.02. The molecule has 7 nitrogen and oxygen atoms in total. The first-order valence-corrected chi connectivity index (χ1v) is 10.6. The topological polar surface area (TPSA) is 88.7 Å². The minimum absolute atomic E-state index is 0.0232. The van der Waals surface area contributed by atoms with Crippen molar-refractivity contribution in [3.05, 3.63) is 59.2 Å². The Bertz CT molecular complexity index is 900. The fourth-order valence-electron chi connectivity index (χ4n) is 2.64. The normalized spacial score (nSPS) is 10.2. The van der Waals surface area contributed by atoms with Crippen molar-refractivity contribution in [3.8, 4) is 11.5 Å². The lowest BCUT2D eigenvalue weighted by Crippen LogP contribution is -2.49. The Morgan fingerprint density at radius 2 is 1.71 bits per heavy atom. The zero-order chi connectivity index (χ0) is 22.6. The number of carbonyl (C=O) groups excluding carboxylic acids is 2. The number of carbonyl (C=O) groups is 2. The Kier molecular flexibility index (Phi) is 9.77. The van der Waals surface area contributed by atoms with E-state index in [1.807, 2.05) is 26.0 Å². The third-order valence-corrected chi connectivity index (χ3v) is 4.79. The maximum absolute atomic E-state index is 12.3. The number of benzene rings is 2. The van der Waals surface area contributed by atoms with E-state index >= 15 is 0 Å². The van der Waals surface area contributed by atoms with Crippen LogP contribution >= 0.6 is 12.2 Å². The molecule has 0 atom stereocenters. The van der Waals surface area contributed by atoms with Crippen LogP contribution in [0, 0.1) is 13.8 Å². The van der Waals surface area contributed by atoms with Crippen molar-refractivity contribution < 1.29 is 19.1 Å². The molecule has 166 valence electrons. The lowest BCUT2D eigenvalue weighted by Gasteiger charge is -2.13. The summed E-state index contributed by atoms with van der Waals surface area (Å²) in [4.78, 5) is 24.2. The summed E-state index contributed by atoms with van der Waals surface area (Å²) < 4.78 is 11.1. The summed E-state index contributed by atoms with van der Waals surface area (Å²) in [5, 5.41) is 2.48. The van der Waals surface area contributed by atoms with Gasteiger partial charge in [-0.3, -0.25) is 25.8 Å². The molecule has 0 aliphatic rings. The minimum atomic E-state index is -0.429. The van der Waals surface area contributed by atoms with E-state index in [1.54, 1.807) is 30.3 Å². The van der Waals surface area contributed by atoms with Crippen molar-refractivity contribution in [3.63, 3.8) is 0 Å². The van der Waals surface area contributed by atoms with Gasteiger partial charge in [0, 0.05) is 5.56 Å². The Morgan fingerprint density at radius 1 is 0.968 bits per heavy atom. The number of aryl methyl sites for hydroxylation is 1. The van der Waals surface area contributed by atoms with Crippen molar-refractivity contribution in [1.82, 2.24) is 16.2 Å². The molecule has 0 spiro atoms. The number of unbranched alkanes of at least 4 members (excludes halogenated alkanes) is 2. The summed E-state index contributed by atoms with van der Waals surface area (Å²) in [5.41, 5.74) is 7.37. The number of hydrogen-bond acceptors (Lipinski definition) is 5. The molecule has 0 radical (unpaired) electrons. The summed E-state index contributed by atoms with van der Waals surface area (Å²) in [6, 6.07) is 12.4. The molecule has 0 saturated heterocycles. The van der Waals surface area contributed by atoms with E-state index in [1.165, 1.54) is 0 Å². The van der Waals surface area contributed by atoms with Crippen LogP contribution in [0.3, 0.4) is 0 Å². The predicted octanol–water partition coefficient (Wildman–Crippen LogP) is 3.59. The van der Waals surface area contributed by atoms with Gasteiger partial charge in [0.25, 0.3) is 11.8 Å². The molecule has 0 saturated carbocycles. The Labute approximate surface area is 188 Å². The number of nitrogens with one attached hydrogen (secondary N) is 3. The van der Waals surface area contributed by atoms with E-state index in [-0.39, 0.29) is 11.7 Å². The number of amides is 2. The van der Waals surface area contributed by atoms with E-state index in [4.69, 9.17) is 21.7 Å². The van der Waals surface area contributed by atoms with Crippen LogP contribution < -0.4 is 25.6 Å². The molecule has 2 aromatic carbocycles. The SMILES string of the molecule is CCCCCOc1ccc(C(=O)NC(=S)NNC(=O)COc2cccc(C)c2C)cc1. The van der Waals surface area contributed by atoms with Crippen LogP contribution in [-0.2, 0) is 4.79 Å². The molecule has 2 amide bonds. The second-order valence-corrected chi connectivity index (χ2v) is 7.43. The van der Waals surface area contributed by atoms with Gasteiger partial charge in [-0.1, -0.05) is 31.9 Å². The van der Waals surface area contributed by atoms with Crippen molar-refractivity contribution in [2.45, 2.75) is 40.0 Å². The van der Waals surface area contributed by atoms with E-state index in [9.17, 15) is 9.59 Å². The summed E-state index contributed by atoms with van der Waals surface area (Å²) >= 11 is 5.05. The Hall–Kier alpha value is -3.13. The highest BCUT2D eigenvalue weighted by Crippen LogP contribution is 2.20. The third kappa shape index (κ3) is 8.25. The highest BCUT2D eigenvalue weighted by atomic mass is 32.1. The summed E-state index contributed by atoms with van der Waals surface area (Å²) in [7, 11) is 0. The summed E-state index contributed by atoms with van der Waals surface area (Å²) in [6.45, 7) is 6.50. The van der Waals surface area contributed by atoms with E-state index in [2.05, 4.69) is 23.1 Å². The minimum Gasteiger partial charge on any atom is -0.494 e. The van der Waals surface area contributed by atoms with E-state index < -0.39 is 11.8 Å². The van der Waals surface area contributed by atoms with Gasteiger partial charge in [-0.05, 0) is 73.9 Å². The van der Waals surface area contributed by atoms with Gasteiger partial charge in [0.15, 0.2) is 11.7 Å². The average Bonchev–Trinajstić information content (AvgIpc) is 2.76. The van der Waals surface area contributed by atoms with Gasteiger partial charge < -0.3 is 9.47 Å².